The fraction of sp³-hybridized carbons (Fsp3) is 0.429. The van der Waals surface area contributed by atoms with Gasteiger partial charge < -0.3 is 11.1 Å². The lowest BCUT2D eigenvalue weighted by Gasteiger charge is -2.11. The van der Waals surface area contributed by atoms with Crippen LogP contribution in [0.3, 0.4) is 0 Å². The smallest absolute Gasteiger partial charge is 0.251 e. The molecule has 1 aliphatic carbocycles. The van der Waals surface area contributed by atoms with Gasteiger partial charge in [-0.2, -0.15) is 0 Å². The molecule has 1 fully saturated rings. The summed E-state index contributed by atoms with van der Waals surface area (Å²) >= 11 is 0. The fourth-order valence-corrected chi connectivity index (χ4v) is 1.86. The Morgan fingerprint density at radius 1 is 1.26 bits per heavy atom. The summed E-state index contributed by atoms with van der Waals surface area (Å²) in [5.41, 5.74) is 7.08. The maximum absolute atomic E-state index is 11.8. The zero-order valence-electron chi connectivity index (χ0n) is 10.9. The minimum atomic E-state index is -0.138. The van der Waals surface area contributed by atoms with Crippen LogP contribution in [0.5, 0.6) is 0 Å². The van der Waals surface area contributed by atoms with Gasteiger partial charge in [-0.3, -0.25) is 9.59 Å². The number of hydrogen-bond acceptors (Lipinski definition) is 3. The van der Waals surface area contributed by atoms with Gasteiger partial charge >= 0.3 is 0 Å². The average Bonchev–Trinajstić information content (AvgIpc) is 3.20. The number of nitrogens with two attached hydrogens (primary N) is 1. The van der Waals surface area contributed by atoms with Crippen LogP contribution < -0.4 is 11.1 Å². The van der Waals surface area contributed by atoms with E-state index >= 15 is 0 Å². The second kappa shape index (κ2) is 6.68. The first-order chi connectivity index (χ1) is 8.58. The molecule has 0 aliphatic heterocycles. The Bertz CT molecular complexity index is 455. The summed E-state index contributed by atoms with van der Waals surface area (Å²) in [7, 11) is 0. The van der Waals surface area contributed by atoms with Gasteiger partial charge in [0.15, 0.2) is 5.78 Å². The highest BCUT2D eigenvalue weighted by atomic mass is 35.5. The maximum atomic E-state index is 11.8. The predicted molar refractivity (Wildman–Crippen MR) is 76.7 cm³/mol. The topological polar surface area (TPSA) is 72.2 Å². The highest BCUT2D eigenvalue weighted by Gasteiger charge is 2.28. The molecule has 4 nitrogen and oxygen atoms in total. The van der Waals surface area contributed by atoms with Crippen LogP contribution in [0.25, 0.3) is 0 Å². The molecule has 0 heterocycles. The number of ketones is 1. The number of Topliss-reactive ketones (excluding diaryl/α,β-unsaturated/α-hetero) is 1. The van der Waals surface area contributed by atoms with Crippen LogP contribution >= 0.6 is 12.4 Å². The van der Waals surface area contributed by atoms with Gasteiger partial charge in [0.05, 0.1) is 0 Å². The second-order valence-electron chi connectivity index (χ2n) is 4.84. The van der Waals surface area contributed by atoms with E-state index in [2.05, 4.69) is 5.32 Å². The van der Waals surface area contributed by atoms with Crippen LogP contribution in [0.15, 0.2) is 24.3 Å². The van der Waals surface area contributed by atoms with E-state index < -0.39 is 0 Å². The monoisotopic (exact) mass is 282 g/mol. The van der Waals surface area contributed by atoms with Gasteiger partial charge in [0.2, 0.25) is 0 Å². The number of hydrogen-bond donors (Lipinski definition) is 2. The Labute approximate surface area is 119 Å². The molecule has 0 radical (unpaired) electrons. The van der Waals surface area contributed by atoms with Crippen molar-refractivity contribution in [3.63, 3.8) is 0 Å². The lowest BCUT2D eigenvalue weighted by atomic mass is 10.1. The van der Waals surface area contributed by atoms with E-state index in [1.54, 1.807) is 24.3 Å². The van der Waals surface area contributed by atoms with Gasteiger partial charge in [0.1, 0.15) is 0 Å². The number of benzene rings is 1. The Hall–Kier alpha value is -1.39. The Morgan fingerprint density at radius 2 is 1.79 bits per heavy atom. The number of nitrogens with one attached hydrogen (secondary N) is 1. The van der Waals surface area contributed by atoms with Crippen molar-refractivity contribution in [1.29, 1.82) is 0 Å². The Balaban J connectivity index is 0.00000180. The van der Waals surface area contributed by atoms with Crippen molar-refractivity contribution in [3.8, 4) is 0 Å². The molecule has 1 aliphatic rings. The SMILES string of the molecule is CC(=O)c1ccc(C(=O)NCC(N)C2CC2)cc1.Cl. The molecule has 5 heteroatoms. The molecule has 1 saturated carbocycles. The summed E-state index contributed by atoms with van der Waals surface area (Å²) in [4.78, 5) is 22.9. The van der Waals surface area contributed by atoms with E-state index in [1.165, 1.54) is 19.8 Å². The summed E-state index contributed by atoms with van der Waals surface area (Å²) in [6, 6.07) is 6.71. The summed E-state index contributed by atoms with van der Waals surface area (Å²) in [5, 5.41) is 2.82. The van der Waals surface area contributed by atoms with E-state index in [0.29, 0.717) is 23.6 Å². The van der Waals surface area contributed by atoms with E-state index in [4.69, 9.17) is 5.73 Å². The number of rotatable bonds is 5. The molecule has 2 rings (SSSR count). The van der Waals surface area contributed by atoms with Crippen molar-refractivity contribution in [3.05, 3.63) is 35.4 Å². The normalized spacial score (nSPS) is 15.3. The number of carbonyl (C=O) groups excluding carboxylic acids is 2. The highest BCUT2D eigenvalue weighted by Crippen LogP contribution is 2.31. The zero-order valence-corrected chi connectivity index (χ0v) is 11.7. The molecule has 0 bridgehead atoms. The minimum absolute atomic E-state index is 0. The standard InChI is InChI=1S/C14H18N2O2.ClH/c1-9(17)10-2-6-12(7-3-10)14(18)16-8-13(15)11-4-5-11;/h2-3,6-7,11,13H,4-5,8,15H2,1H3,(H,16,18);1H. The van der Waals surface area contributed by atoms with Gasteiger partial charge in [0, 0.05) is 23.7 Å². The van der Waals surface area contributed by atoms with Gasteiger partial charge in [-0.05, 0) is 37.8 Å². The molecule has 0 aromatic heterocycles. The van der Waals surface area contributed by atoms with Crippen molar-refractivity contribution < 1.29 is 9.59 Å². The van der Waals surface area contributed by atoms with Crippen LogP contribution in [-0.2, 0) is 0 Å². The summed E-state index contributed by atoms with van der Waals surface area (Å²) in [6.07, 6.45) is 2.34. The van der Waals surface area contributed by atoms with Gasteiger partial charge in [-0.1, -0.05) is 12.1 Å². The average molecular weight is 283 g/mol. The second-order valence-corrected chi connectivity index (χ2v) is 4.84. The molecule has 3 N–H and O–H groups in total. The molecule has 1 unspecified atom stereocenters. The van der Waals surface area contributed by atoms with E-state index in [-0.39, 0.29) is 30.1 Å². The van der Waals surface area contributed by atoms with Crippen molar-refractivity contribution in [2.24, 2.45) is 11.7 Å². The zero-order chi connectivity index (χ0) is 13.1. The highest BCUT2D eigenvalue weighted by molar-refractivity contribution is 5.97. The maximum Gasteiger partial charge on any atom is 0.251 e. The molecule has 0 saturated heterocycles. The predicted octanol–water partition coefficient (Wildman–Crippen LogP) is 1.78. The number of amides is 1. The third-order valence-corrected chi connectivity index (χ3v) is 3.28. The lowest BCUT2D eigenvalue weighted by molar-refractivity contribution is 0.0948. The van der Waals surface area contributed by atoms with Crippen LogP contribution in [-0.4, -0.2) is 24.3 Å². The lowest BCUT2D eigenvalue weighted by Crippen LogP contribution is -2.38. The molecule has 104 valence electrons. The molecule has 1 aromatic carbocycles. The molecule has 0 spiro atoms. The number of halogens is 1. The van der Waals surface area contributed by atoms with Crippen LogP contribution in [0.1, 0.15) is 40.5 Å². The minimum Gasteiger partial charge on any atom is -0.350 e. The van der Waals surface area contributed by atoms with E-state index in [1.807, 2.05) is 0 Å². The largest absolute Gasteiger partial charge is 0.350 e. The first kappa shape index (κ1) is 15.7. The summed E-state index contributed by atoms with van der Waals surface area (Å²) in [5.74, 6) is 0.435. The molecular weight excluding hydrogens is 264 g/mol. The number of carbonyl (C=O) groups is 2. The molecule has 1 amide bonds. The van der Waals surface area contributed by atoms with Gasteiger partial charge in [-0.15, -0.1) is 12.4 Å². The van der Waals surface area contributed by atoms with Crippen molar-refractivity contribution in [2.45, 2.75) is 25.8 Å². The molecular formula is C14H19ClN2O2. The quantitative estimate of drug-likeness (QED) is 0.809. The molecule has 19 heavy (non-hydrogen) atoms. The first-order valence-corrected chi connectivity index (χ1v) is 6.22. The summed E-state index contributed by atoms with van der Waals surface area (Å²) in [6.45, 7) is 2.02. The Kier molecular flexibility index (Phi) is 5.51. The third-order valence-electron chi connectivity index (χ3n) is 3.28. The molecule has 1 atom stereocenters. The van der Waals surface area contributed by atoms with Crippen LogP contribution in [0, 0.1) is 5.92 Å². The Morgan fingerprint density at radius 3 is 2.26 bits per heavy atom. The first-order valence-electron chi connectivity index (χ1n) is 6.22. The third kappa shape index (κ3) is 4.33. The van der Waals surface area contributed by atoms with Crippen molar-refractivity contribution in [2.75, 3.05) is 6.54 Å². The fourth-order valence-electron chi connectivity index (χ4n) is 1.86. The molecule has 1 aromatic rings. The van der Waals surface area contributed by atoms with Crippen molar-refractivity contribution in [1.82, 2.24) is 5.32 Å². The van der Waals surface area contributed by atoms with E-state index in [0.717, 1.165) is 0 Å². The van der Waals surface area contributed by atoms with Crippen molar-refractivity contribution >= 4 is 24.1 Å². The van der Waals surface area contributed by atoms with E-state index in [9.17, 15) is 9.59 Å². The summed E-state index contributed by atoms with van der Waals surface area (Å²) < 4.78 is 0. The van der Waals surface area contributed by atoms with Crippen LogP contribution in [0.2, 0.25) is 0 Å². The van der Waals surface area contributed by atoms with Crippen LogP contribution in [0.4, 0.5) is 0 Å². The van der Waals surface area contributed by atoms with Gasteiger partial charge in [-0.25, -0.2) is 0 Å². The van der Waals surface area contributed by atoms with Gasteiger partial charge in [0.25, 0.3) is 5.91 Å².